The summed E-state index contributed by atoms with van der Waals surface area (Å²) >= 11 is 0. The SMILES string of the molecule is Cc1cc(C)nc([S@@](=O)CC2CCN(C(=O)OC(C)(C)C)CC2)n1. The van der Waals surface area contributed by atoms with Crippen LogP contribution in [0.5, 0.6) is 0 Å². The fraction of sp³-hybridized carbons (Fsp3) is 0.706. The van der Waals surface area contributed by atoms with E-state index in [1.54, 1.807) is 4.90 Å². The van der Waals surface area contributed by atoms with Gasteiger partial charge in [-0.05, 0) is 59.4 Å². The van der Waals surface area contributed by atoms with Crippen LogP contribution in [0.3, 0.4) is 0 Å². The van der Waals surface area contributed by atoms with Crippen molar-refractivity contribution in [3.8, 4) is 0 Å². The van der Waals surface area contributed by atoms with Gasteiger partial charge in [-0.25, -0.2) is 14.8 Å². The van der Waals surface area contributed by atoms with Crippen LogP contribution in [0.15, 0.2) is 11.2 Å². The Hall–Kier alpha value is -1.50. The van der Waals surface area contributed by atoms with E-state index in [-0.39, 0.29) is 6.09 Å². The zero-order chi connectivity index (χ0) is 17.9. The quantitative estimate of drug-likeness (QED) is 0.781. The summed E-state index contributed by atoms with van der Waals surface area (Å²) in [5.41, 5.74) is 1.20. The minimum Gasteiger partial charge on any atom is -0.444 e. The number of rotatable bonds is 3. The number of carbonyl (C=O) groups excluding carboxylic acids is 1. The van der Waals surface area contributed by atoms with E-state index >= 15 is 0 Å². The highest BCUT2D eigenvalue weighted by atomic mass is 32.2. The molecule has 0 aromatic carbocycles. The maximum atomic E-state index is 12.5. The second-order valence-corrected chi connectivity index (χ2v) is 8.75. The van der Waals surface area contributed by atoms with E-state index in [9.17, 15) is 9.00 Å². The van der Waals surface area contributed by atoms with Crippen molar-refractivity contribution >= 4 is 16.9 Å². The van der Waals surface area contributed by atoms with Gasteiger partial charge in [-0.3, -0.25) is 4.21 Å². The molecule has 0 saturated carbocycles. The van der Waals surface area contributed by atoms with Crippen molar-refractivity contribution in [3.63, 3.8) is 0 Å². The average Bonchev–Trinajstić information content (AvgIpc) is 2.45. The van der Waals surface area contributed by atoms with Crippen molar-refractivity contribution in [2.24, 2.45) is 5.92 Å². The molecular weight excluding hydrogens is 326 g/mol. The molecule has 1 fully saturated rings. The Morgan fingerprint density at radius 3 is 2.29 bits per heavy atom. The number of likely N-dealkylation sites (tertiary alicyclic amines) is 1. The van der Waals surface area contributed by atoms with Crippen molar-refractivity contribution in [1.82, 2.24) is 14.9 Å². The van der Waals surface area contributed by atoms with Gasteiger partial charge in [0.25, 0.3) is 0 Å². The number of hydrogen-bond donors (Lipinski definition) is 0. The third-order valence-corrected chi connectivity index (χ3v) is 5.18. The summed E-state index contributed by atoms with van der Waals surface area (Å²) in [7, 11) is -1.20. The molecule has 1 aliphatic rings. The van der Waals surface area contributed by atoms with E-state index < -0.39 is 16.4 Å². The third-order valence-electron chi connectivity index (χ3n) is 3.82. The Bertz CT molecular complexity index is 600. The van der Waals surface area contributed by atoms with Gasteiger partial charge in [0.05, 0.1) is 10.8 Å². The minimum absolute atomic E-state index is 0.264. The van der Waals surface area contributed by atoms with Crippen LogP contribution in [0.4, 0.5) is 4.79 Å². The van der Waals surface area contributed by atoms with Crippen molar-refractivity contribution < 1.29 is 13.7 Å². The van der Waals surface area contributed by atoms with E-state index in [1.807, 2.05) is 40.7 Å². The molecule has 0 N–H and O–H groups in total. The molecule has 24 heavy (non-hydrogen) atoms. The van der Waals surface area contributed by atoms with E-state index in [0.29, 0.717) is 29.9 Å². The molecule has 7 heteroatoms. The fourth-order valence-corrected chi connectivity index (χ4v) is 4.09. The Kier molecular flexibility index (Phi) is 5.96. The van der Waals surface area contributed by atoms with Crippen LogP contribution in [0.2, 0.25) is 0 Å². The Labute approximate surface area is 146 Å². The first kappa shape index (κ1) is 18.8. The molecule has 0 unspecified atom stereocenters. The summed E-state index contributed by atoms with van der Waals surface area (Å²) in [6.45, 7) is 10.7. The van der Waals surface area contributed by atoms with Crippen LogP contribution in [-0.2, 0) is 15.5 Å². The standard InChI is InChI=1S/C17H27N3O3S/c1-12-10-13(2)19-15(18-12)24(22)11-14-6-8-20(9-7-14)16(21)23-17(3,4)5/h10,14H,6-9,11H2,1-5H3/t24-/m0/s1. The van der Waals surface area contributed by atoms with Crippen LogP contribution in [-0.4, -0.2) is 49.6 Å². The number of piperidine rings is 1. The van der Waals surface area contributed by atoms with E-state index in [0.717, 1.165) is 24.2 Å². The maximum Gasteiger partial charge on any atom is 0.410 e. The molecule has 1 aromatic heterocycles. The van der Waals surface area contributed by atoms with Crippen molar-refractivity contribution in [2.75, 3.05) is 18.8 Å². The summed E-state index contributed by atoms with van der Waals surface area (Å²) < 4.78 is 17.9. The molecule has 1 saturated heterocycles. The van der Waals surface area contributed by atoms with Gasteiger partial charge in [-0.1, -0.05) is 0 Å². The highest BCUT2D eigenvalue weighted by molar-refractivity contribution is 7.84. The molecule has 0 spiro atoms. The number of nitrogens with zero attached hydrogens (tertiary/aromatic N) is 3. The molecule has 1 aliphatic heterocycles. The number of ether oxygens (including phenoxy) is 1. The summed E-state index contributed by atoms with van der Waals surface area (Å²) in [4.78, 5) is 22.4. The average molecular weight is 353 g/mol. The Morgan fingerprint density at radius 1 is 1.25 bits per heavy atom. The molecule has 1 aromatic rings. The largest absolute Gasteiger partial charge is 0.444 e. The summed E-state index contributed by atoms with van der Waals surface area (Å²) in [5, 5.41) is 0.419. The van der Waals surface area contributed by atoms with Crippen molar-refractivity contribution in [3.05, 3.63) is 17.5 Å². The zero-order valence-electron chi connectivity index (χ0n) is 15.2. The topological polar surface area (TPSA) is 72.4 Å². The molecule has 0 radical (unpaired) electrons. The number of hydrogen-bond acceptors (Lipinski definition) is 5. The van der Waals surface area contributed by atoms with Crippen molar-refractivity contribution in [2.45, 2.75) is 58.2 Å². The Morgan fingerprint density at radius 2 is 1.79 bits per heavy atom. The first-order valence-corrected chi connectivity index (χ1v) is 9.64. The second kappa shape index (κ2) is 7.59. The lowest BCUT2D eigenvalue weighted by molar-refractivity contribution is 0.0191. The molecule has 0 bridgehead atoms. The fourth-order valence-electron chi connectivity index (χ4n) is 2.69. The predicted molar refractivity (Wildman–Crippen MR) is 93.3 cm³/mol. The van der Waals surface area contributed by atoms with Crippen LogP contribution in [0, 0.1) is 19.8 Å². The highest BCUT2D eigenvalue weighted by Gasteiger charge is 2.28. The van der Waals surface area contributed by atoms with E-state index in [4.69, 9.17) is 4.74 Å². The van der Waals surface area contributed by atoms with Gasteiger partial charge in [0.2, 0.25) is 5.16 Å². The zero-order valence-corrected chi connectivity index (χ0v) is 16.0. The highest BCUT2D eigenvalue weighted by Crippen LogP contribution is 2.21. The Balaban J connectivity index is 1.86. The van der Waals surface area contributed by atoms with E-state index in [2.05, 4.69) is 9.97 Å². The summed E-state index contributed by atoms with van der Waals surface area (Å²) in [6, 6.07) is 1.88. The van der Waals surface area contributed by atoms with Crippen LogP contribution in [0.1, 0.15) is 45.0 Å². The van der Waals surface area contributed by atoms with Gasteiger partial charge >= 0.3 is 6.09 Å². The van der Waals surface area contributed by atoms with Gasteiger partial charge < -0.3 is 9.64 Å². The number of carbonyl (C=O) groups is 1. The molecule has 2 rings (SSSR count). The second-order valence-electron chi connectivity index (χ2n) is 7.36. The monoisotopic (exact) mass is 353 g/mol. The lowest BCUT2D eigenvalue weighted by Crippen LogP contribution is -2.42. The van der Waals surface area contributed by atoms with Gasteiger partial charge in [-0.2, -0.15) is 0 Å². The number of amides is 1. The van der Waals surface area contributed by atoms with E-state index in [1.165, 1.54) is 0 Å². The normalized spacial score (nSPS) is 17.6. The molecule has 0 aliphatic carbocycles. The van der Waals surface area contributed by atoms with Crippen molar-refractivity contribution in [1.29, 1.82) is 0 Å². The predicted octanol–water partition coefficient (Wildman–Crippen LogP) is 2.85. The molecule has 6 nitrogen and oxygen atoms in total. The first-order chi connectivity index (χ1) is 11.1. The van der Waals surface area contributed by atoms with Crippen LogP contribution < -0.4 is 0 Å². The molecule has 2 heterocycles. The number of aryl methyl sites for hydroxylation is 2. The lowest BCUT2D eigenvalue weighted by Gasteiger charge is -2.33. The van der Waals surface area contributed by atoms with Gasteiger partial charge in [0.15, 0.2) is 0 Å². The summed E-state index contributed by atoms with van der Waals surface area (Å²) in [6.07, 6.45) is 1.39. The molecular formula is C17H27N3O3S. The molecule has 1 atom stereocenters. The first-order valence-electron chi connectivity index (χ1n) is 8.32. The number of aromatic nitrogens is 2. The maximum absolute atomic E-state index is 12.5. The lowest BCUT2D eigenvalue weighted by atomic mass is 9.99. The minimum atomic E-state index is -1.20. The molecule has 134 valence electrons. The third kappa shape index (κ3) is 5.54. The smallest absolute Gasteiger partial charge is 0.410 e. The van der Waals surface area contributed by atoms with Gasteiger partial charge in [0, 0.05) is 30.2 Å². The summed E-state index contributed by atoms with van der Waals surface area (Å²) in [5.74, 6) is 0.861. The van der Waals surface area contributed by atoms with Crippen LogP contribution in [0.25, 0.3) is 0 Å². The van der Waals surface area contributed by atoms with Gasteiger partial charge in [-0.15, -0.1) is 0 Å². The molecule has 1 amide bonds. The van der Waals surface area contributed by atoms with Gasteiger partial charge in [0.1, 0.15) is 5.60 Å². The van der Waals surface area contributed by atoms with Crippen LogP contribution >= 0.6 is 0 Å².